The molecular formula is C23H25N5O3. The van der Waals surface area contributed by atoms with Gasteiger partial charge in [0.05, 0.1) is 23.7 Å². The predicted octanol–water partition coefficient (Wildman–Crippen LogP) is 3.33. The number of rotatable bonds is 6. The molecule has 0 bridgehead atoms. The van der Waals surface area contributed by atoms with E-state index in [0.717, 1.165) is 24.2 Å². The fourth-order valence-electron chi connectivity index (χ4n) is 3.73. The largest absolute Gasteiger partial charge is 0.455 e. The number of anilines is 1. The van der Waals surface area contributed by atoms with Crippen LogP contribution in [0.4, 0.5) is 5.69 Å². The standard InChI is InChI=1S/C23H25N5O3/c1-15-10-18(5-6-22(15)31-19-4-3-8-24-13-19)27-23(30)20-14-26-28-9-7-17(11-21(20)28)12-25-16(2)29/h3-6,8,10,13-14,17H,7,9,11-12H2,1-2H3,(H,25,29)(H,27,30)/t17-/m0/s1. The molecule has 2 amide bonds. The van der Waals surface area contributed by atoms with Crippen molar-refractivity contribution in [2.75, 3.05) is 11.9 Å². The summed E-state index contributed by atoms with van der Waals surface area (Å²) in [5, 5.41) is 10.2. The maximum Gasteiger partial charge on any atom is 0.259 e. The van der Waals surface area contributed by atoms with Gasteiger partial charge in [-0.1, -0.05) is 0 Å². The first kappa shape index (κ1) is 20.6. The number of pyridine rings is 1. The molecule has 2 aromatic heterocycles. The summed E-state index contributed by atoms with van der Waals surface area (Å²) in [4.78, 5) is 28.2. The lowest BCUT2D eigenvalue weighted by molar-refractivity contribution is -0.119. The zero-order valence-electron chi connectivity index (χ0n) is 17.6. The number of aromatic nitrogens is 3. The SMILES string of the molecule is CC(=O)NC[C@H]1CCn2ncc(C(=O)Nc3ccc(Oc4cccnc4)c(C)c3)c2C1. The number of aryl methyl sites for hydroxylation is 2. The minimum atomic E-state index is -0.193. The Hall–Kier alpha value is -3.68. The first-order chi connectivity index (χ1) is 15.0. The molecule has 31 heavy (non-hydrogen) atoms. The minimum Gasteiger partial charge on any atom is -0.455 e. The maximum absolute atomic E-state index is 12.9. The highest BCUT2D eigenvalue weighted by Gasteiger charge is 2.25. The summed E-state index contributed by atoms with van der Waals surface area (Å²) < 4.78 is 7.73. The summed E-state index contributed by atoms with van der Waals surface area (Å²) in [5.74, 6) is 1.42. The molecule has 8 nitrogen and oxygen atoms in total. The van der Waals surface area contributed by atoms with Gasteiger partial charge in [0, 0.05) is 31.9 Å². The van der Waals surface area contributed by atoms with E-state index in [2.05, 4.69) is 20.7 Å². The summed E-state index contributed by atoms with van der Waals surface area (Å²) >= 11 is 0. The zero-order chi connectivity index (χ0) is 21.8. The van der Waals surface area contributed by atoms with Gasteiger partial charge in [-0.2, -0.15) is 5.10 Å². The summed E-state index contributed by atoms with van der Waals surface area (Å²) in [7, 11) is 0. The maximum atomic E-state index is 12.9. The first-order valence-corrected chi connectivity index (χ1v) is 10.3. The van der Waals surface area contributed by atoms with Gasteiger partial charge >= 0.3 is 0 Å². The number of fused-ring (bicyclic) bond motifs is 1. The number of benzene rings is 1. The zero-order valence-corrected chi connectivity index (χ0v) is 17.6. The molecule has 160 valence electrons. The fraction of sp³-hybridized carbons (Fsp3) is 0.304. The molecule has 1 aromatic carbocycles. The van der Waals surface area contributed by atoms with Crippen LogP contribution in [0.2, 0.25) is 0 Å². The Morgan fingerprint density at radius 1 is 1.26 bits per heavy atom. The summed E-state index contributed by atoms with van der Waals surface area (Å²) in [6, 6.07) is 9.16. The van der Waals surface area contributed by atoms with E-state index in [0.29, 0.717) is 41.6 Å². The average molecular weight is 419 g/mol. The van der Waals surface area contributed by atoms with E-state index in [1.54, 1.807) is 18.6 Å². The number of ether oxygens (including phenoxy) is 1. The first-order valence-electron chi connectivity index (χ1n) is 10.3. The van der Waals surface area contributed by atoms with Crippen LogP contribution in [-0.2, 0) is 17.8 Å². The quantitative estimate of drug-likeness (QED) is 0.639. The van der Waals surface area contributed by atoms with Gasteiger partial charge in [0.15, 0.2) is 0 Å². The summed E-state index contributed by atoms with van der Waals surface area (Å²) in [6.45, 7) is 4.79. The van der Waals surface area contributed by atoms with Gasteiger partial charge in [-0.3, -0.25) is 19.3 Å². The van der Waals surface area contributed by atoms with Crippen LogP contribution in [0.1, 0.15) is 35.0 Å². The third-order valence-corrected chi connectivity index (χ3v) is 5.36. The van der Waals surface area contributed by atoms with Crippen molar-refractivity contribution in [3.63, 3.8) is 0 Å². The predicted molar refractivity (Wildman–Crippen MR) is 116 cm³/mol. The number of hydrogen-bond donors (Lipinski definition) is 2. The second-order valence-corrected chi connectivity index (χ2v) is 7.75. The third kappa shape index (κ3) is 4.91. The summed E-state index contributed by atoms with van der Waals surface area (Å²) in [6.07, 6.45) is 6.60. The van der Waals surface area contributed by atoms with Crippen LogP contribution >= 0.6 is 0 Å². The van der Waals surface area contributed by atoms with E-state index < -0.39 is 0 Å². The van der Waals surface area contributed by atoms with Gasteiger partial charge in [0.25, 0.3) is 5.91 Å². The van der Waals surface area contributed by atoms with Crippen molar-refractivity contribution in [1.82, 2.24) is 20.1 Å². The Morgan fingerprint density at radius 2 is 2.13 bits per heavy atom. The van der Waals surface area contributed by atoms with E-state index in [9.17, 15) is 9.59 Å². The Kier molecular flexibility index (Phi) is 5.97. The van der Waals surface area contributed by atoms with Crippen LogP contribution in [-0.4, -0.2) is 33.1 Å². The van der Waals surface area contributed by atoms with Gasteiger partial charge < -0.3 is 15.4 Å². The molecule has 0 radical (unpaired) electrons. The fourth-order valence-corrected chi connectivity index (χ4v) is 3.73. The molecular weight excluding hydrogens is 394 g/mol. The monoisotopic (exact) mass is 419 g/mol. The molecule has 0 fully saturated rings. The smallest absolute Gasteiger partial charge is 0.259 e. The Labute approximate surface area is 180 Å². The summed E-state index contributed by atoms with van der Waals surface area (Å²) in [5.41, 5.74) is 3.06. The van der Waals surface area contributed by atoms with Crippen LogP contribution in [0, 0.1) is 12.8 Å². The van der Waals surface area contributed by atoms with E-state index >= 15 is 0 Å². The second-order valence-electron chi connectivity index (χ2n) is 7.75. The number of hydrogen-bond acceptors (Lipinski definition) is 5. The van der Waals surface area contributed by atoms with Gasteiger partial charge in [-0.25, -0.2) is 0 Å². The molecule has 1 aliphatic rings. The molecule has 1 atom stereocenters. The van der Waals surface area contributed by atoms with Crippen molar-refractivity contribution in [1.29, 1.82) is 0 Å². The van der Waals surface area contributed by atoms with Crippen molar-refractivity contribution in [3.05, 3.63) is 65.7 Å². The van der Waals surface area contributed by atoms with Crippen LogP contribution in [0.25, 0.3) is 0 Å². The third-order valence-electron chi connectivity index (χ3n) is 5.36. The topological polar surface area (TPSA) is 98.1 Å². The lowest BCUT2D eigenvalue weighted by atomic mass is 9.94. The molecule has 0 saturated carbocycles. The molecule has 3 aromatic rings. The lowest BCUT2D eigenvalue weighted by Gasteiger charge is -2.24. The van der Waals surface area contributed by atoms with Gasteiger partial charge in [0.1, 0.15) is 11.5 Å². The van der Waals surface area contributed by atoms with Crippen LogP contribution < -0.4 is 15.4 Å². The van der Waals surface area contributed by atoms with Gasteiger partial charge in [0.2, 0.25) is 5.91 Å². The Morgan fingerprint density at radius 3 is 2.87 bits per heavy atom. The van der Waals surface area contributed by atoms with E-state index in [4.69, 9.17) is 4.74 Å². The average Bonchev–Trinajstić information content (AvgIpc) is 3.18. The normalized spacial score (nSPS) is 15.1. The number of carbonyl (C=O) groups excluding carboxylic acids is 2. The lowest BCUT2D eigenvalue weighted by Crippen LogP contribution is -2.32. The Balaban J connectivity index is 1.44. The van der Waals surface area contributed by atoms with Crippen LogP contribution in [0.5, 0.6) is 11.5 Å². The van der Waals surface area contributed by atoms with Crippen molar-refractivity contribution >= 4 is 17.5 Å². The molecule has 0 saturated heterocycles. The van der Waals surface area contributed by atoms with Gasteiger partial charge in [-0.15, -0.1) is 0 Å². The number of carbonyl (C=O) groups is 2. The van der Waals surface area contributed by atoms with E-state index in [1.807, 2.05) is 41.9 Å². The van der Waals surface area contributed by atoms with Crippen LogP contribution in [0.15, 0.2) is 48.9 Å². The van der Waals surface area contributed by atoms with Crippen molar-refractivity contribution in [2.24, 2.45) is 5.92 Å². The van der Waals surface area contributed by atoms with Crippen molar-refractivity contribution in [2.45, 2.75) is 33.2 Å². The number of nitrogens with one attached hydrogen (secondary N) is 2. The van der Waals surface area contributed by atoms with Gasteiger partial charge in [-0.05, 0) is 61.6 Å². The van der Waals surface area contributed by atoms with E-state index in [-0.39, 0.29) is 11.8 Å². The highest BCUT2D eigenvalue weighted by Crippen LogP contribution is 2.28. The van der Waals surface area contributed by atoms with Crippen molar-refractivity contribution < 1.29 is 14.3 Å². The molecule has 0 unspecified atom stereocenters. The minimum absolute atomic E-state index is 0.0385. The van der Waals surface area contributed by atoms with Crippen molar-refractivity contribution in [3.8, 4) is 11.5 Å². The van der Waals surface area contributed by atoms with E-state index in [1.165, 1.54) is 6.92 Å². The second kappa shape index (κ2) is 8.99. The highest BCUT2D eigenvalue weighted by atomic mass is 16.5. The Bertz CT molecular complexity index is 1090. The molecule has 4 rings (SSSR count). The molecule has 1 aliphatic heterocycles. The number of amides is 2. The number of nitrogens with zero attached hydrogens (tertiary/aromatic N) is 3. The molecule has 0 spiro atoms. The highest BCUT2D eigenvalue weighted by molar-refractivity contribution is 6.05. The molecule has 3 heterocycles. The molecule has 8 heteroatoms. The van der Waals surface area contributed by atoms with Crippen LogP contribution in [0.3, 0.4) is 0 Å². The molecule has 0 aliphatic carbocycles. The molecule has 2 N–H and O–H groups in total.